The Morgan fingerprint density at radius 1 is 0.966 bits per heavy atom. The molecule has 0 aliphatic rings. The molecule has 0 atom stereocenters. The number of nitrogens with one attached hydrogen (secondary N) is 1. The molecule has 0 saturated carbocycles. The molecule has 0 unspecified atom stereocenters. The molecule has 2 aromatic carbocycles. The number of halogens is 2. The Labute approximate surface area is 182 Å². The number of methoxy groups -OCH3 is 2. The van der Waals surface area contributed by atoms with Crippen LogP contribution >= 0.6 is 23.2 Å². The molecular weight excluding hydrogens is 435 g/mol. The average molecular weight is 461 g/mol. The van der Waals surface area contributed by atoms with Gasteiger partial charge < -0.3 is 14.4 Å². The number of likely N-dealkylation sites (N-methyl/N-ethyl adjacent to an activating group) is 1. The van der Waals surface area contributed by atoms with Gasteiger partial charge >= 0.3 is 0 Å². The third-order valence-corrected chi connectivity index (χ3v) is 6.49. The second kappa shape index (κ2) is 10.9. The van der Waals surface area contributed by atoms with Gasteiger partial charge in [-0.3, -0.25) is 4.72 Å². The van der Waals surface area contributed by atoms with Gasteiger partial charge in [0.15, 0.2) is 11.5 Å². The molecule has 0 bridgehead atoms. The van der Waals surface area contributed by atoms with Crippen LogP contribution in [0.15, 0.2) is 36.4 Å². The van der Waals surface area contributed by atoms with Crippen LogP contribution in [0.4, 0.5) is 5.69 Å². The monoisotopic (exact) mass is 460 g/mol. The lowest BCUT2D eigenvalue weighted by molar-refractivity contribution is 0.337. The van der Waals surface area contributed by atoms with Crippen molar-refractivity contribution in [2.45, 2.75) is 12.8 Å². The number of rotatable bonds is 11. The molecular formula is C20H26Cl2N2O4S. The van der Waals surface area contributed by atoms with Crippen LogP contribution in [-0.4, -0.2) is 53.4 Å². The molecule has 0 spiro atoms. The highest BCUT2D eigenvalue weighted by Gasteiger charge is 2.12. The van der Waals surface area contributed by atoms with Crippen LogP contribution in [0, 0.1) is 0 Å². The van der Waals surface area contributed by atoms with E-state index < -0.39 is 10.0 Å². The van der Waals surface area contributed by atoms with E-state index in [2.05, 4.69) is 9.62 Å². The van der Waals surface area contributed by atoms with E-state index in [1.165, 1.54) is 6.07 Å². The quantitative estimate of drug-likeness (QED) is 0.540. The van der Waals surface area contributed by atoms with Crippen LogP contribution < -0.4 is 14.2 Å². The highest BCUT2D eigenvalue weighted by molar-refractivity contribution is 7.92. The molecule has 0 saturated heterocycles. The van der Waals surface area contributed by atoms with E-state index in [-0.39, 0.29) is 5.75 Å². The Morgan fingerprint density at radius 2 is 1.69 bits per heavy atom. The van der Waals surface area contributed by atoms with Crippen molar-refractivity contribution in [1.29, 1.82) is 0 Å². The van der Waals surface area contributed by atoms with Crippen molar-refractivity contribution in [3.05, 3.63) is 52.0 Å². The number of nitrogens with zero attached hydrogens (tertiary/aromatic N) is 1. The van der Waals surface area contributed by atoms with E-state index in [0.29, 0.717) is 40.2 Å². The molecule has 0 radical (unpaired) electrons. The number of hydrogen-bond donors (Lipinski definition) is 1. The van der Waals surface area contributed by atoms with Crippen LogP contribution in [0.1, 0.15) is 12.0 Å². The van der Waals surface area contributed by atoms with Crippen molar-refractivity contribution in [3.63, 3.8) is 0 Å². The smallest absolute Gasteiger partial charge is 0.232 e. The number of hydrogen-bond acceptors (Lipinski definition) is 5. The first kappa shape index (κ1) is 23.6. The minimum atomic E-state index is -3.45. The van der Waals surface area contributed by atoms with E-state index >= 15 is 0 Å². The van der Waals surface area contributed by atoms with E-state index in [4.69, 9.17) is 32.7 Å². The van der Waals surface area contributed by atoms with Crippen LogP contribution in [-0.2, 0) is 16.4 Å². The first-order chi connectivity index (χ1) is 13.7. The van der Waals surface area contributed by atoms with Crippen LogP contribution in [0.25, 0.3) is 0 Å². The summed E-state index contributed by atoms with van der Waals surface area (Å²) in [7, 11) is 1.74. The maximum atomic E-state index is 12.3. The molecule has 0 aromatic heterocycles. The molecule has 1 N–H and O–H groups in total. The fourth-order valence-electron chi connectivity index (χ4n) is 2.78. The maximum Gasteiger partial charge on any atom is 0.232 e. The van der Waals surface area contributed by atoms with Crippen molar-refractivity contribution in [1.82, 2.24) is 4.90 Å². The zero-order chi connectivity index (χ0) is 21.4. The Bertz CT molecular complexity index is 923. The fraction of sp³-hybridized carbons (Fsp3) is 0.400. The van der Waals surface area contributed by atoms with Gasteiger partial charge in [-0.25, -0.2) is 8.42 Å². The van der Waals surface area contributed by atoms with Gasteiger partial charge in [-0.15, -0.1) is 0 Å². The first-order valence-electron chi connectivity index (χ1n) is 9.09. The van der Waals surface area contributed by atoms with Crippen molar-refractivity contribution < 1.29 is 17.9 Å². The summed E-state index contributed by atoms with van der Waals surface area (Å²) >= 11 is 11.8. The summed E-state index contributed by atoms with van der Waals surface area (Å²) in [5.41, 5.74) is 1.53. The SMILES string of the molecule is COc1ccc(CCN(C)CCCS(=O)(=O)Nc2ccc(Cl)c(Cl)c2)cc1OC. The molecule has 2 rings (SSSR count). The second-order valence-electron chi connectivity index (χ2n) is 6.65. The van der Waals surface area contributed by atoms with Crippen molar-refractivity contribution in [2.75, 3.05) is 44.8 Å². The van der Waals surface area contributed by atoms with Crippen LogP contribution in [0.3, 0.4) is 0 Å². The number of sulfonamides is 1. The number of benzene rings is 2. The predicted octanol–water partition coefficient (Wildman–Crippen LogP) is 4.32. The van der Waals surface area contributed by atoms with E-state index in [1.807, 2.05) is 25.2 Å². The summed E-state index contributed by atoms with van der Waals surface area (Å²) in [6.45, 7) is 1.46. The van der Waals surface area contributed by atoms with Crippen LogP contribution in [0.5, 0.6) is 11.5 Å². The standard InChI is InChI=1S/C20H26Cl2N2O4S/c1-24(11-9-15-5-8-19(27-2)20(13-15)28-3)10-4-12-29(25,26)23-16-6-7-17(21)18(22)14-16/h5-8,13-14,23H,4,9-12H2,1-3H3. The van der Waals surface area contributed by atoms with Gasteiger partial charge in [-0.05, 0) is 62.3 Å². The molecule has 0 heterocycles. The molecule has 0 aliphatic carbocycles. The maximum absolute atomic E-state index is 12.3. The zero-order valence-corrected chi connectivity index (χ0v) is 19.1. The second-order valence-corrected chi connectivity index (χ2v) is 9.30. The zero-order valence-electron chi connectivity index (χ0n) is 16.7. The van der Waals surface area contributed by atoms with Gasteiger partial charge in [-0.2, -0.15) is 0 Å². The lowest BCUT2D eigenvalue weighted by atomic mass is 10.1. The highest BCUT2D eigenvalue weighted by atomic mass is 35.5. The molecule has 0 aliphatic heterocycles. The van der Waals surface area contributed by atoms with Crippen molar-refractivity contribution in [3.8, 4) is 11.5 Å². The van der Waals surface area contributed by atoms with Crippen molar-refractivity contribution >= 4 is 38.9 Å². The Balaban J connectivity index is 1.78. The Hall–Kier alpha value is -1.67. The third-order valence-electron chi connectivity index (χ3n) is 4.38. The summed E-state index contributed by atoms with van der Waals surface area (Å²) in [6.07, 6.45) is 1.34. The summed E-state index contributed by atoms with van der Waals surface area (Å²) in [5.74, 6) is 1.42. The van der Waals surface area contributed by atoms with Gasteiger partial charge in [0, 0.05) is 6.54 Å². The number of ether oxygens (including phenoxy) is 2. The van der Waals surface area contributed by atoms with E-state index in [0.717, 1.165) is 18.5 Å². The highest BCUT2D eigenvalue weighted by Crippen LogP contribution is 2.28. The molecule has 0 fully saturated rings. The Morgan fingerprint density at radius 3 is 2.34 bits per heavy atom. The topological polar surface area (TPSA) is 67.9 Å². The Kier molecular flexibility index (Phi) is 8.89. The number of anilines is 1. The van der Waals surface area contributed by atoms with Gasteiger partial charge in [-0.1, -0.05) is 29.3 Å². The molecule has 160 valence electrons. The normalized spacial score (nSPS) is 11.5. The molecule has 2 aromatic rings. The molecule has 0 amide bonds. The van der Waals surface area contributed by atoms with E-state index in [9.17, 15) is 8.42 Å². The average Bonchev–Trinajstić information content (AvgIpc) is 2.68. The molecule has 29 heavy (non-hydrogen) atoms. The lowest BCUT2D eigenvalue weighted by Gasteiger charge is -2.17. The third kappa shape index (κ3) is 7.59. The summed E-state index contributed by atoms with van der Waals surface area (Å²) < 4.78 is 37.6. The van der Waals surface area contributed by atoms with Crippen molar-refractivity contribution in [2.24, 2.45) is 0 Å². The minimum Gasteiger partial charge on any atom is -0.493 e. The van der Waals surface area contributed by atoms with E-state index in [1.54, 1.807) is 26.4 Å². The largest absolute Gasteiger partial charge is 0.493 e. The molecule has 6 nitrogen and oxygen atoms in total. The predicted molar refractivity (Wildman–Crippen MR) is 119 cm³/mol. The fourth-order valence-corrected chi connectivity index (χ4v) is 4.18. The summed E-state index contributed by atoms with van der Waals surface area (Å²) in [4.78, 5) is 2.10. The van der Waals surface area contributed by atoms with Gasteiger partial charge in [0.05, 0.1) is 35.7 Å². The van der Waals surface area contributed by atoms with Gasteiger partial charge in [0.1, 0.15) is 0 Å². The van der Waals surface area contributed by atoms with Gasteiger partial charge in [0.2, 0.25) is 10.0 Å². The summed E-state index contributed by atoms with van der Waals surface area (Å²) in [5, 5.41) is 0.687. The summed E-state index contributed by atoms with van der Waals surface area (Å²) in [6, 6.07) is 10.5. The lowest BCUT2D eigenvalue weighted by Crippen LogP contribution is -2.25. The van der Waals surface area contributed by atoms with Gasteiger partial charge in [0.25, 0.3) is 0 Å². The van der Waals surface area contributed by atoms with Crippen LogP contribution in [0.2, 0.25) is 10.0 Å². The first-order valence-corrected chi connectivity index (χ1v) is 11.5. The molecule has 9 heteroatoms. The minimum absolute atomic E-state index is 0.0218.